The Balaban J connectivity index is 1.08. The Labute approximate surface area is 447 Å². The minimum Gasteiger partial charge on any atom is -0.457 e. The molecule has 0 fully saturated rings. The molecule has 8 aromatic carbocycles. The molecular weight excluding hydrogens is 927 g/mol. The van der Waals surface area contributed by atoms with E-state index in [1.807, 2.05) is 6.20 Å². The summed E-state index contributed by atoms with van der Waals surface area (Å²) in [6.07, 6.45) is 1.94. The van der Waals surface area contributed by atoms with E-state index >= 15 is 0 Å². The van der Waals surface area contributed by atoms with Crippen LogP contribution < -0.4 is 13.9 Å². The molecule has 0 amide bonds. The number of rotatable bonds is 7. The van der Waals surface area contributed by atoms with Gasteiger partial charge in [-0.2, -0.15) is 0 Å². The highest BCUT2D eigenvalue weighted by Gasteiger charge is 2.41. The fourth-order valence-corrected chi connectivity index (χ4v) is 11.1. The number of benzene rings is 8. The molecule has 1 aliphatic rings. The normalized spacial score (nSPS) is 13.2. The molecule has 12 rings (SSSR count). The van der Waals surface area contributed by atoms with Crippen molar-refractivity contribution in [3.8, 4) is 34.1 Å². The van der Waals surface area contributed by atoms with Crippen molar-refractivity contribution in [1.82, 2.24) is 23.3 Å². The second kappa shape index (κ2) is 17.7. The largest absolute Gasteiger partial charge is 0.503 e. The van der Waals surface area contributed by atoms with E-state index in [0.717, 1.165) is 72.7 Å². The van der Waals surface area contributed by atoms with E-state index in [4.69, 9.17) is 9.72 Å². The highest BCUT2D eigenvalue weighted by molar-refractivity contribution is 6.17. The molecule has 0 spiro atoms. The van der Waals surface area contributed by atoms with Crippen LogP contribution in [0.1, 0.15) is 105 Å². The summed E-state index contributed by atoms with van der Waals surface area (Å²) in [6, 6.07) is 70.1. The van der Waals surface area contributed by atoms with Gasteiger partial charge in [-0.1, -0.05) is 180 Å². The summed E-state index contributed by atoms with van der Waals surface area (Å²) >= 11 is 0. The van der Waals surface area contributed by atoms with Crippen LogP contribution in [0.3, 0.4) is 0 Å². The van der Waals surface area contributed by atoms with Crippen molar-refractivity contribution >= 4 is 72.4 Å². The molecule has 76 heavy (non-hydrogen) atoms. The van der Waals surface area contributed by atoms with E-state index in [-0.39, 0.29) is 21.7 Å². The first kappa shape index (κ1) is 48.6. The van der Waals surface area contributed by atoms with E-state index in [1.54, 1.807) is 0 Å². The fraction of sp³-hybridized carbons (Fsp3) is 0.229. The molecule has 0 bridgehead atoms. The Morgan fingerprint density at radius 2 is 1.00 bits per heavy atom. The summed E-state index contributed by atoms with van der Waals surface area (Å²) in [4.78, 5) is 5.08. The van der Waals surface area contributed by atoms with Crippen LogP contribution in [-0.2, 0) is 21.7 Å². The monoisotopic (exact) mass is 994 g/mol. The van der Waals surface area contributed by atoms with E-state index in [0.29, 0.717) is 11.5 Å². The molecule has 11 aromatic rings. The predicted octanol–water partition coefficient (Wildman–Crippen LogP) is 18.8. The Bertz CT molecular complexity index is 4140. The van der Waals surface area contributed by atoms with Gasteiger partial charge >= 0.3 is 11.7 Å². The van der Waals surface area contributed by atoms with E-state index in [2.05, 4.69) is 289 Å². The number of pyridine rings is 1. The van der Waals surface area contributed by atoms with Gasteiger partial charge in [0.25, 0.3) is 5.69 Å². The average molecular weight is 994 g/mol. The smallest absolute Gasteiger partial charge is 0.457 e. The lowest BCUT2D eigenvalue weighted by atomic mass is 9.80. The first-order valence-electron chi connectivity index (χ1n) is 26.8. The van der Waals surface area contributed by atoms with Crippen molar-refractivity contribution in [2.75, 3.05) is 0 Å². The maximum absolute atomic E-state index is 7.24. The lowest BCUT2D eigenvalue weighted by molar-refractivity contribution is 0.483. The highest BCUT2D eigenvalue weighted by atomic mass is 16.5. The number of para-hydroxylation sites is 4. The van der Waals surface area contributed by atoms with Crippen molar-refractivity contribution in [2.45, 2.75) is 105 Å². The highest BCUT2D eigenvalue weighted by Crippen LogP contribution is 2.47. The van der Waals surface area contributed by atoms with Crippen LogP contribution in [0.25, 0.3) is 66.2 Å². The number of fused-ring (bicyclic) bond motifs is 7. The fourth-order valence-electron chi connectivity index (χ4n) is 11.1. The number of ether oxygens (including phenoxy) is 1. The number of nitrogens with zero attached hydrogens (tertiary/aromatic N) is 5. The Morgan fingerprint density at radius 3 is 1.64 bits per heavy atom. The summed E-state index contributed by atoms with van der Waals surface area (Å²) in [5, 5.41) is 4.66. The maximum atomic E-state index is 7.24. The maximum Gasteiger partial charge on any atom is 0.503 e. The van der Waals surface area contributed by atoms with Gasteiger partial charge in [0.05, 0.1) is 39.4 Å². The van der Waals surface area contributed by atoms with E-state index in [1.165, 1.54) is 38.6 Å². The van der Waals surface area contributed by atoms with Gasteiger partial charge in [0.2, 0.25) is 11.4 Å². The Kier molecular flexibility index (Phi) is 11.3. The van der Waals surface area contributed by atoms with Crippen molar-refractivity contribution < 1.29 is 4.74 Å². The van der Waals surface area contributed by atoms with Crippen LogP contribution in [0.2, 0.25) is 0 Å². The van der Waals surface area contributed by atoms with Crippen molar-refractivity contribution in [2.24, 2.45) is 0 Å². The Hall–Kier alpha value is -8.31. The number of hydrogen-bond acceptors (Lipinski definition) is 2. The molecule has 4 heterocycles. The summed E-state index contributed by atoms with van der Waals surface area (Å²) in [6.45, 7) is 27.4. The summed E-state index contributed by atoms with van der Waals surface area (Å²) < 4.78 is 16.5. The molecule has 0 N–H and O–H groups in total. The summed E-state index contributed by atoms with van der Waals surface area (Å²) in [7, 11) is 0. The zero-order valence-corrected chi connectivity index (χ0v) is 46.0. The minimum atomic E-state index is -0.0732. The van der Waals surface area contributed by atoms with Crippen molar-refractivity contribution in [1.29, 1.82) is 0 Å². The molecule has 6 nitrogen and oxygen atoms in total. The average Bonchev–Trinajstić information content (AvgIpc) is 4.19. The van der Waals surface area contributed by atoms with Gasteiger partial charge in [-0.15, -0.1) is 0 Å². The Morgan fingerprint density at radius 1 is 0.421 bits per heavy atom. The summed E-state index contributed by atoms with van der Waals surface area (Å²) in [5.74, 6) is 2.28. The number of hydrogen-bond donors (Lipinski definition) is 0. The number of aromatic nitrogens is 3. The summed E-state index contributed by atoms with van der Waals surface area (Å²) in [5.41, 5.74) is 16.7. The third-order valence-electron chi connectivity index (χ3n) is 15.3. The van der Waals surface area contributed by atoms with E-state index < -0.39 is 0 Å². The minimum absolute atomic E-state index is 0.0133. The van der Waals surface area contributed by atoms with Crippen LogP contribution in [0, 0.1) is 0 Å². The molecule has 0 saturated carbocycles. The third kappa shape index (κ3) is 8.42. The van der Waals surface area contributed by atoms with Gasteiger partial charge in [0.15, 0.2) is 0 Å². The first-order chi connectivity index (χ1) is 36.2. The second-order valence-electron chi connectivity index (χ2n) is 24.9. The molecule has 0 radical (unpaired) electrons. The SMILES string of the molecule is CC(C)(C)c1cccc(-c2cccc3c2[N+](c2cc(C(C)(C)C)cc(C(C)(C)C)c2)=C=[N+]3c2cccc(Oc3cc(-n4c5ccccc5c5ccccc54)c4c5ccccc5n(-c5cc(C(C)(C)C)ccn5)c4c3)c2)c1. The molecule has 0 aliphatic carbocycles. The molecular formula is C70H67N5O+2. The van der Waals surface area contributed by atoms with Crippen LogP contribution in [-0.4, -0.2) is 20.1 Å². The predicted molar refractivity (Wildman–Crippen MR) is 320 cm³/mol. The van der Waals surface area contributed by atoms with Gasteiger partial charge < -0.3 is 9.30 Å². The molecule has 376 valence electrons. The van der Waals surface area contributed by atoms with Gasteiger partial charge in [-0.05, 0) is 101 Å². The van der Waals surface area contributed by atoms with Gasteiger partial charge in [0.1, 0.15) is 17.3 Å². The molecule has 0 saturated heterocycles. The third-order valence-corrected chi connectivity index (χ3v) is 15.3. The van der Waals surface area contributed by atoms with Crippen LogP contribution in [0.15, 0.2) is 188 Å². The standard InChI is InChI=1S/C70H67N5O/c1-67(2,3)46-23-19-22-45(36-46)54-29-21-33-61-66(54)73(51-38-48(69(7,8)9)37-49(39-51)70(10,11)12)44-72(61)50-24-20-25-52(41-50)76-53-42-62(74-58-30-16-13-26-55(58)56-27-14-17-31-59(56)74)65-57-28-15-18-32-60(57)75(63(65)43-53)64-40-47(34-35-71-64)68(4,5)6/h13-43H,1-12H3/q+2. The quantitative estimate of drug-likeness (QED) is 0.149. The van der Waals surface area contributed by atoms with Crippen LogP contribution in [0.4, 0.5) is 22.7 Å². The topological polar surface area (TPSA) is 38.0 Å². The lowest BCUT2D eigenvalue weighted by Crippen LogP contribution is -2.17. The van der Waals surface area contributed by atoms with Crippen molar-refractivity contribution in [3.63, 3.8) is 0 Å². The zero-order chi connectivity index (χ0) is 53.1. The molecule has 6 heteroatoms. The van der Waals surface area contributed by atoms with Crippen LogP contribution in [0.5, 0.6) is 11.5 Å². The molecule has 1 aliphatic heterocycles. The molecule has 3 aromatic heterocycles. The molecule has 0 unspecified atom stereocenters. The van der Waals surface area contributed by atoms with Gasteiger partial charge in [0, 0.05) is 64.1 Å². The van der Waals surface area contributed by atoms with Gasteiger partial charge in [-0.3, -0.25) is 4.57 Å². The van der Waals surface area contributed by atoms with Gasteiger partial charge in [-0.25, -0.2) is 4.98 Å². The van der Waals surface area contributed by atoms with Crippen LogP contribution >= 0.6 is 0 Å². The van der Waals surface area contributed by atoms with Crippen molar-refractivity contribution in [3.05, 3.63) is 210 Å². The molecule has 0 atom stereocenters. The lowest BCUT2D eigenvalue weighted by Gasteiger charge is -2.24. The second-order valence-corrected chi connectivity index (χ2v) is 24.9. The first-order valence-corrected chi connectivity index (χ1v) is 26.8. The van der Waals surface area contributed by atoms with E-state index in [9.17, 15) is 0 Å². The zero-order valence-electron chi connectivity index (χ0n) is 46.0.